The van der Waals surface area contributed by atoms with E-state index in [-0.39, 0.29) is 5.82 Å². The molecule has 0 atom stereocenters. The number of piperidine rings is 1. The zero-order valence-corrected chi connectivity index (χ0v) is 8.71. The fourth-order valence-corrected chi connectivity index (χ4v) is 1.76. The van der Waals surface area contributed by atoms with Gasteiger partial charge >= 0.3 is 0 Å². The Bertz CT molecular complexity index is 293. The zero-order valence-electron chi connectivity index (χ0n) is 8.71. The van der Waals surface area contributed by atoms with E-state index >= 15 is 0 Å². The minimum Gasteiger partial charge on any atom is -0.373 e. The van der Waals surface area contributed by atoms with Crippen molar-refractivity contribution in [3.8, 4) is 0 Å². The summed E-state index contributed by atoms with van der Waals surface area (Å²) < 4.78 is 18.4. The maximum atomic E-state index is 12.6. The first-order valence-corrected chi connectivity index (χ1v) is 5.41. The van der Waals surface area contributed by atoms with Gasteiger partial charge in [0.15, 0.2) is 0 Å². The monoisotopic (exact) mass is 209 g/mol. The second kappa shape index (κ2) is 5.24. The summed E-state index contributed by atoms with van der Waals surface area (Å²) >= 11 is 0. The van der Waals surface area contributed by atoms with E-state index in [0.29, 0.717) is 12.7 Å². The Hall–Kier alpha value is -0.930. The molecule has 1 aliphatic heterocycles. The van der Waals surface area contributed by atoms with Crippen molar-refractivity contribution in [2.24, 2.45) is 0 Å². The normalized spacial score (nSPS) is 17.9. The number of rotatable bonds is 3. The number of nitrogens with one attached hydrogen (secondary N) is 1. The third-order valence-electron chi connectivity index (χ3n) is 2.69. The summed E-state index contributed by atoms with van der Waals surface area (Å²) in [5, 5.41) is 3.29. The molecular formula is C12H16FNO. The summed E-state index contributed by atoms with van der Waals surface area (Å²) in [6.45, 7) is 2.66. The third-order valence-corrected chi connectivity index (χ3v) is 2.69. The van der Waals surface area contributed by atoms with Crippen molar-refractivity contribution in [2.75, 3.05) is 13.1 Å². The summed E-state index contributed by atoms with van der Waals surface area (Å²) in [6, 6.07) is 6.50. The average molecular weight is 209 g/mol. The molecule has 0 spiro atoms. The molecule has 0 aliphatic carbocycles. The van der Waals surface area contributed by atoms with E-state index in [4.69, 9.17) is 4.74 Å². The molecule has 0 aromatic heterocycles. The van der Waals surface area contributed by atoms with Crippen molar-refractivity contribution in [1.82, 2.24) is 5.32 Å². The predicted molar refractivity (Wildman–Crippen MR) is 57.1 cm³/mol. The van der Waals surface area contributed by atoms with Gasteiger partial charge in [0.25, 0.3) is 0 Å². The van der Waals surface area contributed by atoms with Gasteiger partial charge in [-0.3, -0.25) is 0 Å². The summed E-state index contributed by atoms with van der Waals surface area (Å²) in [5.41, 5.74) is 1.04. The molecule has 0 unspecified atom stereocenters. The molecule has 15 heavy (non-hydrogen) atoms. The van der Waals surface area contributed by atoms with Gasteiger partial charge in [0, 0.05) is 0 Å². The van der Waals surface area contributed by atoms with Crippen molar-refractivity contribution in [1.29, 1.82) is 0 Å². The maximum absolute atomic E-state index is 12.6. The number of hydrogen-bond acceptors (Lipinski definition) is 2. The van der Waals surface area contributed by atoms with Crippen LogP contribution < -0.4 is 5.32 Å². The van der Waals surface area contributed by atoms with Crippen molar-refractivity contribution >= 4 is 0 Å². The number of benzene rings is 1. The third kappa shape index (κ3) is 3.29. The van der Waals surface area contributed by atoms with Crippen LogP contribution in [0.3, 0.4) is 0 Å². The van der Waals surface area contributed by atoms with Crippen LogP contribution in [0.15, 0.2) is 24.3 Å². The van der Waals surface area contributed by atoms with Crippen LogP contribution in [0.1, 0.15) is 18.4 Å². The van der Waals surface area contributed by atoms with Crippen molar-refractivity contribution in [3.63, 3.8) is 0 Å². The van der Waals surface area contributed by atoms with E-state index in [9.17, 15) is 4.39 Å². The second-order valence-corrected chi connectivity index (χ2v) is 3.89. The SMILES string of the molecule is Fc1ccc(COC2CCNCC2)cc1. The van der Waals surface area contributed by atoms with Crippen molar-refractivity contribution in [3.05, 3.63) is 35.6 Å². The standard InChI is InChI=1S/C12H16FNO/c13-11-3-1-10(2-4-11)9-15-12-5-7-14-8-6-12/h1-4,12,14H,5-9H2. The molecule has 0 radical (unpaired) electrons. The smallest absolute Gasteiger partial charge is 0.123 e. The first-order chi connectivity index (χ1) is 7.34. The van der Waals surface area contributed by atoms with E-state index in [1.807, 2.05) is 0 Å². The quantitative estimate of drug-likeness (QED) is 0.823. The maximum Gasteiger partial charge on any atom is 0.123 e. The lowest BCUT2D eigenvalue weighted by Crippen LogP contribution is -2.32. The van der Waals surface area contributed by atoms with Crippen molar-refractivity contribution in [2.45, 2.75) is 25.6 Å². The van der Waals surface area contributed by atoms with Gasteiger partial charge in [0.1, 0.15) is 5.82 Å². The van der Waals surface area contributed by atoms with Gasteiger partial charge in [-0.05, 0) is 43.6 Å². The van der Waals surface area contributed by atoms with Gasteiger partial charge in [-0.25, -0.2) is 4.39 Å². The van der Waals surface area contributed by atoms with Crippen LogP contribution in [0, 0.1) is 5.82 Å². The number of ether oxygens (including phenoxy) is 1. The van der Waals surface area contributed by atoms with Crippen LogP contribution in [-0.2, 0) is 11.3 Å². The molecule has 1 fully saturated rings. The van der Waals surface area contributed by atoms with E-state index < -0.39 is 0 Å². The fourth-order valence-electron chi connectivity index (χ4n) is 1.76. The Kier molecular flexibility index (Phi) is 3.69. The van der Waals surface area contributed by atoms with Gasteiger partial charge < -0.3 is 10.1 Å². The topological polar surface area (TPSA) is 21.3 Å². The molecule has 0 saturated carbocycles. The Balaban J connectivity index is 1.79. The summed E-state index contributed by atoms with van der Waals surface area (Å²) in [6.07, 6.45) is 2.50. The van der Waals surface area contributed by atoms with Crippen LogP contribution in [0.4, 0.5) is 4.39 Å². The summed E-state index contributed by atoms with van der Waals surface area (Å²) in [5.74, 6) is -0.194. The molecule has 2 nitrogen and oxygen atoms in total. The van der Waals surface area contributed by atoms with Gasteiger partial charge in [0.05, 0.1) is 12.7 Å². The van der Waals surface area contributed by atoms with Gasteiger partial charge in [-0.1, -0.05) is 12.1 Å². The number of hydrogen-bond donors (Lipinski definition) is 1. The molecule has 1 saturated heterocycles. The first kappa shape index (κ1) is 10.6. The highest BCUT2D eigenvalue weighted by Crippen LogP contribution is 2.11. The predicted octanol–water partition coefficient (Wildman–Crippen LogP) is 2.09. The van der Waals surface area contributed by atoms with Crippen LogP contribution >= 0.6 is 0 Å². The van der Waals surface area contributed by atoms with E-state index in [1.165, 1.54) is 12.1 Å². The molecule has 0 bridgehead atoms. The molecule has 1 aromatic rings. The minimum absolute atomic E-state index is 0.194. The Labute approximate surface area is 89.4 Å². The average Bonchev–Trinajstić information content (AvgIpc) is 2.30. The van der Waals surface area contributed by atoms with Gasteiger partial charge in [-0.2, -0.15) is 0 Å². The first-order valence-electron chi connectivity index (χ1n) is 5.41. The lowest BCUT2D eigenvalue weighted by atomic mass is 10.1. The Morgan fingerprint density at radius 2 is 1.87 bits per heavy atom. The molecule has 3 heteroatoms. The van der Waals surface area contributed by atoms with Gasteiger partial charge in [-0.15, -0.1) is 0 Å². The Morgan fingerprint density at radius 3 is 2.53 bits per heavy atom. The largest absolute Gasteiger partial charge is 0.373 e. The highest BCUT2D eigenvalue weighted by atomic mass is 19.1. The molecule has 2 rings (SSSR count). The van der Waals surface area contributed by atoms with E-state index in [0.717, 1.165) is 31.5 Å². The molecule has 1 heterocycles. The Morgan fingerprint density at radius 1 is 1.20 bits per heavy atom. The van der Waals surface area contributed by atoms with Gasteiger partial charge in [0.2, 0.25) is 0 Å². The minimum atomic E-state index is -0.194. The van der Waals surface area contributed by atoms with Crippen LogP contribution in [0.5, 0.6) is 0 Å². The summed E-state index contributed by atoms with van der Waals surface area (Å²) in [4.78, 5) is 0. The highest BCUT2D eigenvalue weighted by Gasteiger charge is 2.12. The van der Waals surface area contributed by atoms with E-state index in [1.54, 1.807) is 12.1 Å². The molecule has 0 amide bonds. The molecule has 82 valence electrons. The molecule has 1 N–H and O–H groups in total. The lowest BCUT2D eigenvalue weighted by Gasteiger charge is -2.22. The zero-order chi connectivity index (χ0) is 10.5. The molecule has 1 aliphatic rings. The lowest BCUT2D eigenvalue weighted by molar-refractivity contribution is 0.0212. The second-order valence-electron chi connectivity index (χ2n) is 3.89. The molecular weight excluding hydrogens is 193 g/mol. The van der Waals surface area contributed by atoms with Crippen LogP contribution in [0.25, 0.3) is 0 Å². The fraction of sp³-hybridized carbons (Fsp3) is 0.500. The van der Waals surface area contributed by atoms with Crippen LogP contribution in [0.2, 0.25) is 0 Å². The van der Waals surface area contributed by atoms with Crippen LogP contribution in [-0.4, -0.2) is 19.2 Å². The van der Waals surface area contributed by atoms with E-state index in [2.05, 4.69) is 5.32 Å². The summed E-state index contributed by atoms with van der Waals surface area (Å²) in [7, 11) is 0. The molecule has 1 aromatic carbocycles. The number of halogens is 1. The highest BCUT2D eigenvalue weighted by molar-refractivity contribution is 5.14. The van der Waals surface area contributed by atoms with Crippen molar-refractivity contribution < 1.29 is 9.13 Å².